The molecule has 7 heteroatoms. The summed E-state index contributed by atoms with van der Waals surface area (Å²) >= 11 is 6.38. The van der Waals surface area contributed by atoms with Crippen LogP contribution >= 0.6 is 11.6 Å². The van der Waals surface area contributed by atoms with Crippen molar-refractivity contribution >= 4 is 23.4 Å². The van der Waals surface area contributed by atoms with Gasteiger partial charge in [0.05, 0.1) is 25.3 Å². The van der Waals surface area contributed by atoms with Gasteiger partial charge in [-0.2, -0.15) is 0 Å². The molecular weight excluding hydrogens is 390 g/mol. The molecular formula is C22H28ClN3O3. The van der Waals surface area contributed by atoms with Gasteiger partial charge in [0.15, 0.2) is 0 Å². The molecule has 0 spiro atoms. The highest BCUT2D eigenvalue weighted by Gasteiger charge is 2.21. The highest BCUT2D eigenvalue weighted by atomic mass is 35.5. The van der Waals surface area contributed by atoms with Gasteiger partial charge in [-0.05, 0) is 36.9 Å². The first kappa shape index (κ1) is 22.7. The molecule has 0 aliphatic rings. The standard InChI is InChI=1S/C22H28ClN3O3/c1-4-26(5-2)19(16-10-6-8-12-18(16)23)14-24-21(27)15-25-22(28)17-11-7-9-13-20(17)29-3/h6-13,19H,4-5,14-15H2,1-3H3,(H,24,27)(H,25,28). The molecule has 0 bridgehead atoms. The normalized spacial score (nSPS) is 11.8. The fourth-order valence-electron chi connectivity index (χ4n) is 3.21. The molecule has 2 amide bonds. The third kappa shape index (κ3) is 6.21. The maximum absolute atomic E-state index is 12.3. The number of hydrogen-bond acceptors (Lipinski definition) is 4. The lowest BCUT2D eigenvalue weighted by Crippen LogP contribution is -2.42. The van der Waals surface area contributed by atoms with Gasteiger partial charge < -0.3 is 15.4 Å². The van der Waals surface area contributed by atoms with Gasteiger partial charge in [0.1, 0.15) is 5.75 Å². The molecule has 29 heavy (non-hydrogen) atoms. The van der Waals surface area contributed by atoms with Crippen LogP contribution in [0.25, 0.3) is 0 Å². The number of nitrogens with zero attached hydrogens (tertiary/aromatic N) is 1. The number of nitrogens with one attached hydrogen (secondary N) is 2. The molecule has 0 aliphatic carbocycles. The van der Waals surface area contributed by atoms with Gasteiger partial charge in [-0.1, -0.05) is 55.8 Å². The Kier molecular flexibility index (Phi) is 8.96. The summed E-state index contributed by atoms with van der Waals surface area (Å²) in [5.74, 6) is -0.160. The fourth-order valence-corrected chi connectivity index (χ4v) is 3.47. The number of halogens is 1. The Morgan fingerprint density at radius 3 is 2.34 bits per heavy atom. The van der Waals surface area contributed by atoms with Crippen LogP contribution in [0.4, 0.5) is 0 Å². The summed E-state index contributed by atoms with van der Waals surface area (Å²) in [6.07, 6.45) is 0. The number of likely N-dealkylation sites (N-methyl/N-ethyl adjacent to an activating group) is 1. The Bertz CT molecular complexity index is 824. The Hall–Kier alpha value is -2.57. The highest BCUT2D eigenvalue weighted by molar-refractivity contribution is 6.31. The molecule has 0 radical (unpaired) electrons. The number of benzene rings is 2. The van der Waals surface area contributed by atoms with E-state index in [9.17, 15) is 9.59 Å². The maximum Gasteiger partial charge on any atom is 0.255 e. The quantitative estimate of drug-likeness (QED) is 0.622. The zero-order valence-electron chi connectivity index (χ0n) is 17.1. The van der Waals surface area contributed by atoms with E-state index < -0.39 is 0 Å². The number of hydrogen-bond donors (Lipinski definition) is 2. The average Bonchev–Trinajstić information content (AvgIpc) is 2.75. The topological polar surface area (TPSA) is 70.7 Å². The second-order valence-corrected chi connectivity index (χ2v) is 6.85. The van der Waals surface area contributed by atoms with Gasteiger partial charge in [-0.3, -0.25) is 14.5 Å². The molecule has 2 aromatic rings. The number of carbonyl (C=O) groups is 2. The van der Waals surface area contributed by atoms with Crippen molar-refractivity contribution in [1.82, 2.24) is 15.5 Å². The number of methoxy groups -OCH3 is 1. The summed E-state index contributed by atoms with van der Waals surface area (Å²) in [5, 5.41) is 6.21. The van der Waals surface area contributed by atoms with Crippen molar-refractivity contribution in [2.24, 2.45) is 0 Å². The van der Waals surface area contributed by atoms with Crippen molar-refractivity contribution in [1.29, 1.82) is 0 Å². The third-order valence-corrected chi connectivity index (χ3v) is 5.12. The first-order valence-corrected chi connectivity index (χ1v) is 10.1. The van der Waals surface area contributed by atoms with E-state index in [0.717, 1.165) is 18.7 Å². The molecule has 0 saturated carbocycles. The van der Waals surface area contributed by atoms with Crippen LogP contribution in [0.1, 0.15) is 35.8 Å². The number of carbonyl (C=O) groups excluding carboxylic acids is 2. The maximum atomic E-state index is 12.3. The predicted molar refractivity (Wildman–Crippen MR) is 115 cm³/mol. The number of para-hydroxylation sites is 1. The van der Waals surface area contributed by atoms with Gasteiger partial charge in [-0.25, -0.2) is 0 Å². The van der Waals surface area contributed by atoms with Crippen LogP contribution in [0.15, 0.2) is 48.5 Å². The summed E-state index contributed by atoms with van der Waals surface area (Å²) in [7, 11) is 1.50. The minimum Gasteiger partial charge on any atom is -0.496 e. The van der Waals surface area contributed by atoms with Crippen molar-refractivity contribution in [2.45, 2.75) is 19.9 Å². The SMILES string of the molecule is CCN(CC)C(CNC(=O)CNC(=O)c1ccccc1OC)c1ccccc1Cl. The lowest BCUT2D eigenvalue weighted by atomic mass is 10.0. The van der Waals surface area contributed by atoms with Gasteiger partial charge in [0.25, 0.3) is 5.91 Å². The molecule has 0 aromatic heterocycles. The lowest BCUT2D eigenvalue weighted by Gasteiger charge is -2.31. The Morgan fingerprint density at radius 2 is 1.69 bits per heavy atom. The van der Waals surface area contributed by atoms with Crippen molar-refractivity contribution in [3.8, 4) is 5.75 Å². The van der Waals surface area contributed by atoms with Crippen LogP contribution < -0.4 is 15.4 Å². The van der Waals surface area contributed by atoms with Crippen LogP contribution in [0.3, 0.4) is 0 Å². The van der Waals surface area contributed by atoms with Gasteiger partial charge >= 0.3 is 0 Å². The average molecular weight is 418 g/mol. The molecule has 0 fully saturated rings. The minimum atomic E-state index is -0.357. The van der Waals surface area contributed by atoms with Gasteiger partial charge in [0.2, 0.25) is 5.91 Å². The van der Waals surface area contributed by atoms with Crippen molar-refractivity contribution in [3.05, 3.63) is 64.7 Å². The van der Waals surface area contributed by atoms with Gasteiger partial charge in [-0.15, -0.1) is 0 Å². The predicted octanol–water partition coefficient (Wildman–Crippen LogP) is 3.28. The first-order chi connectivity index (χ1) is 14.0. The van der Waals surface area contributed by atoms with E-state index in [-0.39, 0.29) is 24.4 Å². The first-order valence-electron chi connectivity index (χ1n) is 9.68. The van der Waals surface area contributed by atoms with E-state index in [1.165, 1.54) is 7.11 Å². The van der Waals surface area contributed by atoms with Crippen LogP contribution in [0.2, 0.25) is 5.02 Å². The monoisotopic (exact) mass is 417 g/mol. The second-order valence-electron chi connectivity index (χ2n) is 6.45. The van der Waals surface area contributed by atoms with E-state index in [1.807, 2.05) is 24.3 Å². The Labute approximate surface area is 177 Å². The zero-order chi connectivity index (χ0) is 21.2. The molecule has 0 heterocycles. The fraction of sp³-hybridized carbons (Fsp3) is 0.364. The van der Waals surface area contributed by atoms with Crippen LogP contribution in [0.5, 0.6) is 5.75 Å². The van der Waals surface area contributed by atoms with Crippen molar-refractivity contribution in [3.63, 3.8) is 0 Å². The number of rotatable bonds is 10. The van der Waals surface area contributed by atoms with Crippen LogP contribution in [-0.4, -0.2) is 50.0 Å². The summed E-state index contributed by atoms with van der Waals surface area (Å²) in [5.41, 5.74) is 1.36. The summed E-state index contributed by atoms with van der Waals surface area (Å²) < 4.78 is 5.18. The van der Waals surface area contributed by atoms with Gasteiger partial charge in [0, 0.05) is 11.6 Å². The minimum absolute atomic E-state index is 0.0485. The van der Waals surface area contributed by atoms with Crippen molar-refractivity contribution < 1.29 is 14.3 Å². The molecule has 1 unspecified atom stereocenters. The molecule has 0 aliphatic heterocycles. The van der Waals surface area contributed by atoms with E-state index >= 15 is 0 Å². The van der Waals surface area contributed by atoms with E-state index in [1.54, 1.807) is 24.3 Å². The molecule has 2 aromatic carbocycles. The lowest BCUT2D eigenvalue weighted by molar-refractivity contribution is -0.120. The largest absolute Gasteiger partial charge is 0.496 e. The molecule has 156 valence electrons. The zero-order valence-corrected chi connectivity index (χ0v) is 17.8. The number of ether oxygens (including phenoxy) is 1. The summed E-state index contributed by atoms with van der Waals surface area (Å²) in [6.45, 7) is 6.07. The van der Waals surface area contributed by atoms with Crippen LogP contribution in [0, 0.1) is 0 Å². The molecule has 1 atom stereocenters. The molecule has 0 saturated heterocycles. The molecule has 6 nitrogen and oxygen atoms in total. The molecule has 2 rings (SSSR count). The summed E-state index contributed by atoms with van der Waals surface area (Å²) in [6, 6.07) is 14.5. The number of amides is 2. The highest BCUT2D eigenvalue weighted by Crippen LogP contribution is 2.26. The third-order valence-electron chi connectivity index (χ3n) is 4.77. The Morgan fingerprint density at radius 1 is 1.03 bits per heavy atom. The smallest absolute Gasteiger partial charge is 0.255 e. The van der Waals surface area contributed by atoms with E-state index in [4.69, 9.17) is 16.3 Å². The van der Waals surface area contributed by atoms with Crippen molar-refractivity contribution in [2.75, 3.05) is 33.3 Å². The second kappa shape index (κ2) is 11.4. The van der Waals surface area contributed by atoms with E-state index in [0.29, 0.717) is 22.9 Å². The van der Waals surface area contributed by atoms with E-state index in [2.05, 4.69) is 29.4 Å². The Balaban J connectivity index is 1.98. The van der Waals surface area contributed by atoms with Crippen LogP contribution in [-0.2, 0) is 4.79 Å². The summed E-state index contributed by atoms with van der Waals surface area (Å²) in [4.78, 5) is 26.9. The molecule has 2 N–H and O–H groups in total.